The molecule has 0 radical (unpaired) electrons. The van der Waals surface area contributed by atoms with Crippen LogP contribution < -0.4 is 15.6 Å². The van der Waals surface area contributed by atoms with Crippen LogP contribution in [-0.2, 0) is 11.3 Å². The van der Waals surface area contributed by atoms with E-state index in [1.54, 1.807) is 30.6 Å². The Morgan fingerprint density at radius 3 is 2.36 bits per heavy atom. The van der Waals surface area contributed by atoms with Crippen LogP contribution in [0.3, 0.4) is 0 Å². The van der Waals surface area contributed by atoms with Gasteiger partial charge in [-0.05, 0) is 143 Å². The van der Waals surface area contributed by atoms with Gasteiger partial charge in [0.1, 0.15) is 0 Å². The van der Waals surface area contributed by atoms with Crippen molar-refractivity contribution in [3.8, 4) is 34.5 Å². The molecule has 55 heavy (non-hydrogen) atoms. The third kappa shape index (κ3) is 9.33. The second-order valence-corrected chi connectivity index (χ2v) is 17.0. The Hall–Kier alpha value is -4.88. The van der Waals surface area contributed by atoms with Crippen molar-refractivity contribution in [2.75, 3.05) is 32.8 Å². The number of hydrogen-bond donors (Lipinski definition) is 1. The molecule has 1 aliphatic heterocycles. The van der Waals surface area contributed by atoms with E-state index in [4.69, 9.17) is 4.74 Å². The Labute approximate surface area is 324 Å². The molecule has 9 rings (SSSR count). The fourth-order valence-corrected chi connectivity index (χ4v) is 10.3. The number of benzene rings is 2. The fourth-order valence-electron chi connectivity index (χ4n) is 10.3. The molecule has 2 aromatic heterocycles. The van der Waals surface area contributed by atoms with Crippen molar-refractivity contribution in [1.29, 1.82) is 5.26 Å². The summed E-state index contributed by atoms with van der Waals surface area (Å²) in [5.74, 6) is 4.83. The molecule has 4 aliphatic carbocycles. The third-order valence-corrected chi connectivity index (χ3v) is 12.7. The second-order valence-electron chi connectivity index (χ2n) is 17.0. The highest BCUT2D eigenvalue weighted by Gasteiger charge is 2.50. The molecule has 0 spiro atoms. The lowest BCUT2D eigenvalue weighted by Crippen LogP contribution is -2.51. The van der Waals surface area contributed by atoms with Gasteiger partial charge in [-0.25, -0.2) is 14.6 Å². The van der Waals surface area contributed by atoms with Crippen LogP contribution in [0.2, 0.25) is 0 Å². The summed E-state index contributed by atoms with van der Waals surface area (Å²) in [7, 11) is 0. The lowest BCUT2D eigenvalue weighted by molar-refractivity contribution is -0.123. The summed E-state index contributed by atoms with van der Waals surface area (Å²) in [6, 6.07) is 20.3. The van der Waals surface area contributed by atoms with Gasteiger partial charge in [0.25, 0.3) is 5.56 Å². The van der Waals surface area contributed by atoms with Gasteiger partial charge in [-0.3, -0.25) is 9.59 Å². The SMILES string of the molecule is N#Cc1cccc(-c2ccc(=O)n(Cc3cccc(-c4ncc(OCC5CCN(CCCCCC(=O)NCC67CC8CC(CC(C8)C6)C7)CC5)cn4)c3)n2)c1. The van der Waals surface area contributed by atoms with E-state index in [1.807, 2.05) is 36.4 Å². The molecule has 1 saturated heterocycles. The Balaban J connectivity index is 0.728. The van der Waals surface area contributed by atoms with Gasteiger partial charge in [0.05, 0.1) is 42.9 Å². The first-order valence-corrected chi connectivity index (χ1v) is 20.5. The molecule has 1 N–H and O–H groups in total. The first-order chi connectivity index (χ1) is 26.9. The molecule has 4 aromatic rings. The number of likely N-dealkylation sites (tertiary alicyclic amines) is 1. The predicted octanol–water partition coefficient (Wildman–Crippen LogP) is 7.27. The van der Waals surface area contributed by atoms with Crippen molar-refractivity contribution in [3.63, 3.8) is 0 Å². The maximum Gasteiger partial charge on any atom is 0.267 e. The molecule has 4 bridgehead atoms. The topological polar surface area (TPSA) is 126 Å². The minimum absolute atomic E-state index is 0.205. The van der Waals surface area contributed by atoms with Gasteiger partial charge in [-0.1, -0.05) is 36.8 Å². The van der Waals surface area contributed by atoms with Gasteiger partial charge in [0, 0.05) is 30.2 Å². The first kappa shape index (κ1) is 37.1. The van der Waals surface area contributed by atoms with E-state index in [2.05, 4.69) is 31.4 Å². The summed E-state index contributed by atoms with van der Waals surface area (Å²) in [6.45, 7) is 5.16. The van der Waals surface area contributed by atoms with Crippen molar-refractivity contribution in [2.45, 2.75) is 83.6 Å². The zero-order valence-corrected chi connectivity index (χ0v) is 31.9. The zero-order chi connectivity index (χ0) is 37.6. The van der Waals surface area contributed by atoms with Crippen LogP contribution in [0.25, 0.3) is 22.6 Å². The van der Waals surface area contributed by atoms with Crippen LogP contribution in [0.4, 0.5) is 0 Å². The van der Waals surface area contributed by atoms with Crippen molar-refractivity contribution in [1.82, 2.24) is 30.0 Å². The Morgan fingerprint density at radius 2 is 1.62 bits per heavy atom. The molecule has 0 unspecified atom stereocenters. The van der Waals surface area contributed by atoms with Gasteiger partial charge in [-0.2, -0.15) is 10.4 Å². The number of unbranched alkanes of at least 4 members (excludes halogenated alkanes) is 2. The highest BCUT2D eigenvalue weighted by Crippen LogP contribution is 2.59. The maximum atomic E-state index is 12.7. The number of carbonyl (C=O) groups excluding carboxylic acids is 1. The monoisotopic (exact) mass is 739 g/mol. The standard InChI is InChI=1S/C45H53N7O3/c46-26-33-6-4-8-38(21-33)41-11-12-43(54)52(50-41)29-34-7-5-9-39(22-34)44-47-27-40(28-48-44)55-30-32-13-16-51(17-14-32)15-3-1-2-10-42(53)49-31-45-23-35-18-36(24-45)20-37(19-35)25-45/h4-9,11-12,21-22,27-28,32,35-37H,1-3,10,13-20,23-25,29-31H2,(H,49,53). The van der Waals surface area contributed by atoms with E-state index < -0.39 is 0 Å². The summed E-state index contributed by atoms with van der Waals surface area (Å²) in [4.78, 5) is 37.1. The van der Waals surface area contributed by atoms with Crippen LogP contribution in [-0.4, -0.2) is 63.3 Å². The largest absolute Gasteiger partial charge is 0.490 e. The second kappa shape index (κ2) is 16.9. The Kier molecular flexibility index (Phi) is 11.4. The molecule has 1 amide bonds. The molecule has 5 fully saturated rings. The van der Waals surface area contributed by atoms with Crippen LogP contribution >= 0.6 is 0 Å². The van der Waals surface area contributed by atoms with Crippen molar-refractivity contribution in [2.24, 2.45) is 29.1 Å². The summed E-state index contributed by atoms with van der Waals surface area (Å²) in [6.07, 6.45) is 18.0. The first-order valence-electron chi connectivity index (χ1n) is 20.5. The number of rotatable bonds is 15. The van der Waals surface area contributed by atoms with E-state index >= 15 is 0 Å². The van der Waals surface area contributed by atoms with Crippen molar-refractivity contribution in [3.05, 3.63) is 94.5 Å². The number of ether oxygens (including phenoxy) is 1. The Bertz CT molecular complexity index is 2010. The van der Waals surface area contributed by atoms with Crippen LogP contribution in [0.15, 0.2) is 77.9 Å². The zero-order valence-electron chi connectivity index (χ0n) is 31.9. The van der Waals surface area contributed by atoms with Crippen LogP contribution in [0.5, 0.6) is 5.75 Å². The van der Waals surface area contributed by atoms with E-state index in [0.29, 0.717) is 53.7 Å². The number of nitrogens with one attached hydrogen (secondary N) is 1. The molecule has 3 heterocycles. The number of piperidine rings is 1. The number of nitrogens with zero attached hydrogens (tertiary/aromatic N) is 6. The number of carbonyl (C=O) groups is 1. The van der Waals surface area contributed by atoms with Gasteiger partial charge >= 0.3 is 0 Å². The van der Waals surface area contributed by atoms with E-state index in [9.17, 15) is 14.9 Å². The highest BCUT2D eigenvalue weighted by molar-refractivity contribution is 5.75. The number of nitriles is 1. The predicted molar refractivity (Wildman–Crippen MR) is 212 cm³/mol. The Morgan fingerprint density at radius 1 is 0.891 bits per heavy atom. The minimum Gasteiger partial charge on any atom is -0.490 e. The summed E-state index contributed by atoms with van der Waals surface area (Å²) in [5, 5.41) is 17.2. The van der Waals surface area contributed by atoms with Gasteiger partial charge in [0.15, 0.2) is 11.6 Å². The van der Waals surface area contributed by atoms with Crippen LogP contribution in [0, 0.1) is 40.4 Å². The molecule has 286 valence electrons. The molecular formula is C45H53N7O3. The lowest BCUT2D eigenvalue weighted by atomic mass is 9.49. The summed E-state index contributed by atoms with van der Waals surface area (Å²) >= 11 is 0. The highest BCUT2D eigenvalue weighted by atomic mass is 16.5. The molecule has 5 aliphatic rings. The lowest BCUT2D eigenvalue weighted by Gasteiger charge is -2.56. The maximum absolute atomic E-state index is 12.7. The van der Waals surface area contributed by atoms with E-state index in [0.717, 1.165) is 92.7 Å². The number of amides is 1. The van der Waals surface area contributed by atoms with Gasteiger partial charge in [0.2, 0.25) is 5.91 Å². The fraction of sp³-hybridized carbons (Fsp3) is 0.511. The molecule has 10 nitrogen and oxygen atoms in total. The van der Waals surface area contributed by atoms with Crippen molar-refractivity contribution < 1.29 is 9.53 Å². The molecule has 4 saturated carbocycles. The van der Waals surface area contributed by atoms with Crippen molar-refractivity contribution >= 4 is 5.91 Å². The minimum atomic E-state index is -0.205. The number of aromatic nitrogens is 4. The quantitative estimate of drug-likeness (QED) is 0.126. The molecular weight excluding hydrogens is 687 g/mol. The average Bonchev–Trinajstić information content (AvgIpc) is 3.20. The van der Waals surface area contributed by atoms with E-state index in [1.165, 1.54) is 49.3 Å². The molecule has 10 heteroatoms. The third-order valence-electron chi connectivity index (χ3n) is 12.7. The summed E-state index contributed by atoms with van der Waals surface area (Å²) in [5.41, 5.74) is 3.91. The van der Waals surface area contributed by atoms with E-state index in [-0.39, 0.29) is 11.5 Å². The van der Waals surface area contributed by atoms with Gasteiger partial charge in [-0.15, -0.1) is 0 Å². The normalized spacial score (nSPS) is 23.4. The molecule has 0 atom stereocenters. The smallest absolute Gasteiger partial charge is 0.267 e. The summed E-state index contributed by atoms with van der Waals surface area (Å²) < 4.78 is 7.56. The average molecular weight is 740 g/mol. The van der Waals surface area contributed by atoms with Crippen LogP contribution in [0.1, 0.15) is 88.2 Å². The number of hydrogen-bond acceptors (Lipinski definition) is 8. The molecule has 2 aromatic carbocycles. The van der Waals surface area contributed by atoms with Gasteiger partial charge < -0.3 is 15.0 Å².